The molecule has 1 rings (SSSR count). The van der Waals surface area contributed by atoms with Gasteiger partial charge in [-0.25, -0.2) is 4.39 Å². The lowest BCUT2D eigenvalue weighted by molar-refractivity contribution is -0.121. The zero-order chi connectivity index (χ0) is 9.35. The van der Waals surface area contributed by atoms with Gasteiger partial charge in [-0.3, -0.25) is 9.79 Å². The molecule has 0 fully saturated rings. The Morgan fingerprint density at radius 1 is 1.92 bits per heavy atom. The number of hydrogen-bond acceptors (Lipinski definition) is 2. The predicted molar refractivity (Wildman–Crippen MR) is 44.6 cm³/mol. The number of nitrogens with two attached hydrogens (primary N) is 1. The van der Waals surface area contributed by atoms with Crippen molar-refractivity contribution in [2.45, 2.75) is 11.9 Å². The number of alkyl halides is 1. The molecule has 2 N–H and O–H groups in total. The van der Waals surface area contributed by atoms with E-state index in [4.69, 9.17) is 17.3 Å². The lowest BCUT2D eigenvalue weighted by Gasteiger charge is -2.25. The molecule has 0 bridgehead atoms. The van der Waals surface area contributed by atoms with E-state index >= 15 is 0 Å². The molecule has 0 saturated heterocycles. The first-order chi connectivity index (χ1) is 5.43. The van der Waals surface area contributed by atoms with Crippen LogP contribution in [-0.2, 0) is 4.79 Å². The number of amides is 1. The van der Waals surface area contributed by atoms with Crippen molar-refractivity contribution < 1.29 is 9.18 Å². The van der Waals surface area contributed by atoms with Gasteiger partial charge < -0.3 is 5.73 Å². The standard InChI is InChI=1S/C7H8ClFN2O/c1-7(8)5(6(10)12)2-4(9)3-11-7/h2-3,5H,1H3,(H2,10,12). The Hall–Kier alpha value is -0.900. The topological polar surface area (TPSA) is 55.4 Å². The zero-order valence-corrected chi connectivity index (χ0v) is 7.18. The van der Waals surface area contributed by atoms with Crippen LogP contribution in [0.2, 0.25) is 0 Å². The number of hydrogen-bond donors (Lipinski definition) is 1. The number of dihydropyridines is 1. The van der Waals surface area contributed by atoms with Gasteiger partial charge in [-0.05, 0) is 13.0 Å². The summed E-state index contributed by atoms with van der Waals surface area (Å²) in [5, 5.41) is 0. The maximum Gasteiger partial charge on any atom is 0.228 e. The third-order valence-corrected chi connectivity index (χ3v) is 1.97. The van der Waals surface area contributed by atoms with E-state index in [2.05, 4.69) is 4.99 Å². The quantitative estimate of drug-likeness (QED) is 0.486. The fourth-order valence-electron chi connectivity index (χ4n) is 0.964. The van der Waals surface area contributed by atoms with Crippen molar-refractivity contribution in [3.63, 3.8) is 0 Å². The van der Waals surface area contributed by atoms with E-state index in [1.54, 1.807) is 0 Å². The summed E-state index contributed by atoms with van der Waals surface area (Å²) in [6, 6.07) is 0. The van der Waals surface area contributed by atoms with Gasteiger partial charge in [0, 0.05) is 0 Å². The van der Waals surface area contributed by atoms with E-state index in [9.17, 15) is 9.18 Å². The van der Waals surface area contributed by atoms with E-state index in [0.29, 0.717) is 0 Å². The second-order valence-electron chi connectivity index (χ2n) is 2.71. The number of carbonyl (C=O) groups is 1. The van der Waals surface area contributed by atoms with Crippen molar-refractivity contribution in [1.29, 1.82) is 0 Å². The lowest BCUT2D eigenvalue weighted by Crippen LogP contribution is -2.38. The Bertz CT molecular complexity index is 273. The second-order valence-corrected chi connectivity index (χ2v) is 3.48. The molecule has 66 valence electrons. The van der Waals surface area contributed by atoms with Crippen molar-refractivity contribution in [3.8, 4) is 0 Å². The van der Waals surface area contributed by atoms with Gasteiger partial charge in [0.15, 0.2) is 0 Å². The molecule has 0 aromatic carbocycles. The summed E-state index contributed by atoms with van der Waals surface area (Å²) in [6.45, 7) is 1.50. The molecule has 0 aromatic heterocycles. The van der Waals surface area contributed by atoms with E-state index in [0.717, 1.165) is 12.3 Å². The second kappa shape index (κ2) is 2.86. The molecule has 1 amide bonds. The molecule has 0 radical (unpaired) electrons. The molecular weight excluding hydrogens is 183 g/mol. The first kappa shape index (κ1) is 9.19. The number of halogens is 2. The highest BCUT2D eigenvalue weighted by Crippen LogP contribution is 2.31. The monoisotopic (exact) mass is 190 g/mol. The largest absolute Gasteiger partial charge is 0.369 e. The van der Waals surface area contributed by atoms with Crippen LogP contribution in [0.15, 0.2) is 16.9 Å². The number of aliphatic imine (C=N–C) groups is 1. The number of carbonyl (C=O) groups excluding carboxylic acids is 1. The lowest BCUT2D eigenvalue weighted by atomic mass is 9.98. The van der Waals surface area contributed by atoms with Gasteiger partial charge in [-0.15, -0.1) is 0 Å². The molecule has 0 aliphatic carbocycles. The van der Waals surface area contributed by atoms with Crippen LogP contribution in [0.25, 0.3) is 0 Å². The molecule has 12 heavy (non-hydrogen) atoms. The summed E-state index contributed by atoms with van der Waals surface area (Å²) < 4.78 is 12.6. The van der Waals surface area contributed by atoms with Gasteiger partial charge in [-0.1, -0.05) is 11.6 Å². The molecule has 1 aliphatic rings. The third kappa shape index (κ3) is 1.64. The highest BCUT2D eigenvalue weighted by Gasteiger charge is 2.36. The number of primary amides is 1. The fourth-order valence-corrected chi connectivity index (χ4v) is 1.18. The van der Waals surface area contributed by atoms with Gasteiger partial charge in [-0.2, -0.15) is 0 Å². The van der Waals surface area contributed by atoms with Crippen LogP contribution in [-0.4, -0.2) is 17.1 Å². The van der Waals surface area contributed by atoms with Crippen LogP contribution in [0.3, 0.4) is 0 Å². The minimum atomic E-state index is -1.15. The van der Waals surface area contributed by atoms with Gasteiger partial charge in [0.05, 0.1) is 12.1 Å². The maximum absolute atomic E-state index is 12.6. The van der Waals surface area contributed by atoms with Gasteiger partial charge >= 0.3 is 0 Å². The molecular formula is C7H8ClFN2O. The van der Waals surface area contributed by atoms with Crippen molar-refractivity contribution in [2.24, 2.45) is 16.6 Å². The predicted octanol–water partition coefficient (Wildman–Crippen LogP) is 0.981. The highest BCUT2D eigenvalue weighted by atomic mass is 35.5. The molecule has 1 heterocycles. The summed E-state index contributed by atoms with van der Waals surface area (Å²) in [6.07, 6.45) is 2.05. The normalized spacial score (nSPS) is 34.6. The molecule has 2 atom stereocenters. The first-order valence-corrected chi connectivity index (χ1v) is 3.72. The summed E-state index contributed by atoms with van der Waals surface area (Å²) in [4.78, 5) is 13.3. The van der Waals surface area contributed by atoms with Gasteiger partial charge in [0.2, 0.25) is 5.91 Å². The van der Waals surface area contributed by atoms with Crippen LogP contribution in [0.5, 0.6) is 0 Å². The van der Waals surface area contributed by atoms with Crippen molar-refractivity contribution in [3.05, 3.63) is 11.9 Å². The van der Waals surface area contributed by atoms with Gasteiger partial charge in [0.1, 0.15) is 10.8 Å². The van der Waals surface area contributed by atoms with E-state index in [-0.39, 0.29) is 0 Å². The van der Waals surface area contributed by atoms with Crippen LogP contribution in [0.4, 0.5) is 4.39 Å². The number of allylic oxidation sites excluding steroid dienone is 1. The molecule has 5 heteroatoms. The Morgan fingerprint density at radius 3 is 2.92 bits per heavy atom. The molecule has 0 saturated carbocycles. The van der Waals surface area contributed by atoms with Crippen LogP contribution in [0, 0.1) is 5.92 Å². The SMILES string of the molecule is CC1(Cl)N=CC(F)=CC1C(N)=O. The minimum absolute atomic E-state index is 0.586. The maximum atomic E-state index is 12.6. The number of rotatable bonds is 1. The average molecular weight is 191 g/mol. The zero-order valence-electron chi connectivity index (χ0n) is 6.42. The Morgan fingerprint density at radius 2 is 2.50 bits per heavy atom. The van der Waals surface area contributed by atoms with Crippen molar-refractivity contribution in [1.82, 2.24) is 0 Å². The minimum Gasteiger partial charge on any atom is -0.369 e. The van der Waals surface area contributed by atoms with E-state index < -0.39 is 22.7 Å². The molecule has 3 nitrogen and oxygen atoms in total. The van der Waals surface area contributed by atoms with Crippen LogP contribution >= 0.6 is 11.6 Å². The van der Waals surface area contributed by atoms with E-state index in [1.807, 2.05) is 0 Å². The molecule has 0 spiro atoms. The smallest absolute Gasteiger partial charge is 0.228 e. The summed E-state index contributed by atoms with van der Waals surface area (Å²) >= 11 is 5.79. The fraction of sp³-hybridized carbons (Fsp3) is 0.429. The van der Waals surface area contributed by atoms with Crippen LogP contribution in [0.1, 0.15) is 6.92 Å². The molecule has 2 unspecified atom stereocenters. The Balaban J connectivity index is 2.98. The van der Waals surface area contributed by atoms with Crippen molar-refractivity contribution >= 4 is 23.7 Å². The summed E-state index contributed by atoms with van der Waals surface area (Å²) in [7, 11) is 0. The Labute approximate surface area is 74.1 Å². The van der Waals surface area contributed by atoms with E-state index in [1.165, 1.54) is 6.92 Å². The third-order valence-electron chi connectivity index (χ3n) is 1.64. The first-order valence-electron chi connectivity index (χ1n) is 3.34. The Kier molecular flexibility index (Phi) is 2.19. The summed E-state index contributed by atoms with van der Waals surface area (Å²) in [5.74, 6) is -2.15. The molecule has 0 aromatic rings. The van der Waals surface area contributed by atoms with Crippen molar-refractivity contribution in [2.75, 3.05) is 0 Å². The summed E-state index contributed by atoms with van der Waals surface area (Å²) in [5.41, 5.74) is 5.00. The van der Waals surface area contributed by atoms with Gasteiger partial charge in [0.25, 0.3) is 0 Å². The van der Waals surface area contributed by atoms with Crippen LogP contribution < -0.4 is 5.73 Å². The number of nitrogens with zero attached hydrogens (tertiary/aromatic N) is 1. The highest BCUT2D eigenvalue weighted by molar-refractivity contribution is 6.26. The molecule has 1 aliphatic heterocycles. The average Bonchev–Trinajstić information content (AvgIpc) is 1.94.